The lowest BCUT2D eigenvalue weighted by Crippen LogP contribution is -2.24. The first-order valence-corrected chi connectivity index (χ1v) is 8.50. The van der Waals surface area contributed by atoms with Crippen molar-refractivity contribution in [3.05, 3.63) is 59.5 Å². The maximum atomic E-state index is 13.8. The Labute approximate surface area is 141 Å². The van der Waals surface area contributed by atoms with Crippen LogP contribution in [0, 0.1) is 5.82 Å². The Kier molecular flexibility index (Phi) is 4.56. The molecule has 10 heteroatoms. The zero-order valence-corrected chi connectivity index (χ0v) is 13.6. The SMILES string of the molecule is O=S(=O)(NCc1nc(-c2ccncc2)no1)c1cccc(Cl)c1F. The molecule has 124 valence electrons. The van der Waals surface area contributed by atoms with E-state index in [4.69, 9.17) is 16.1 Å². The summed E-state index contributed by atoms with van der Waals surface area (Å²) in [5, 5.41) is 3.47. The van der Waals surface area contributed by atoms with Gasteiger partial charge in [0, 0.05) is 18.0 Å². The summed E-state index contributed by atoms with van der Waals surface area (Å²) in [6.07, 6.45) is 3.13. The van der Waals surface area contributed by atoms with Crippen molar-refractivity contribution in [1.82, 2.24) is 19.8 Å². The minimum absolute atomic E-state index is 0.0350. The highest BCUT2D eigenvalue weighted by molar-refractivity contribution is 7.89. The predicted molar refractivity (Wildman–Crippen MR) is 83.0 cm³/mol. The molecular formula is C14H10ClFN4O3S. The number of sulfonamides is 1. The zero-order valence-electron chi connectivity index (χ0n) is 12.0. The molecule has 0 atom stereocenters. The van der Waals surface area contributed by atoms with Crippen LogP contribution >= 0.6 is 11.6 Å². The van der Waals surface area contributed by atoms with Crippen molar-refractivity contribution in [2.75, 3.05) is 0 Å². The largest absolute Gasteiger partial charge is 0.338 e. The van der Waals surface area contributed by atoms with Crippen LogP contribution in [-0.4, -0.2) is 23.5 Å². The van der Waals surface area contributed by atoms with Crippen LogP contribution in [0.5, 0.6) is 0 Å². The average Bonchev–Trinajstić information content (AvgIpc) is 3.05. The molecule has 7 nitrogen and oxygen atoms in total. The lowest BCUT2D eigenvalue weighted by Gasteiger charge is -2.06. The molecule has 0 saturated carbocycles. The number of aromatic nitrogens is 3. The number of pyridine rings is 1. The van der Waals surface area contributed by atoms with E-state index in [1.807, 2.05) is 0 Å². The summed E-state index contributed by atoms with van der Waals surface area (Å²) in [6, 6.07) is 7.07. The van der Waals surface area contributed by atoms with Crippen LogP contribution in [0.15, 0.2) is 52.1 Å². The monoisotopic (exact) mass is 368 g/mol. The Morgan fingerprint density at radius 2 is 1.96 bits per heavy atom. The molecule has 0 fully saturated rings. The second-order valence-electron chi connectivity index (χ2n) is 4.62. The van der Waals surface area contributed by atoms with Crippen molar-refractivity contribution < 1.29 is 17.3 Å². The smallest absolute Gasteiger partial charge is 0.244 e. The van der Waals surface area contributed by atoms with Crippen LogP contribution in [0.3, 0.4) is 0 Å². The number of benzene rings is 1. The quantitative estimate of drug-likeness (QED) is 0.742. The Morgan fingerprint density at radius 3 is 2.71 bits per heavy atom. The summed E-state index contributed by atoms with van der Waals surface area (Å²) in [6.45, 7) is -0.285. The highest BCUT2D eigenvalue weighted by atomic mass is 35.5. The van der Waals surface area contributed by atoms with Crippen LogP contribution in [0.4, 0.5) is 4.39 Å². The molecule has 0 aliphatic heterocycles. The normalized spacial score (nSPS) is 11.6. The summed E-state index contributed by atoms with van der Waals surface area (Å²) in [5.41, 5.74) is 0.670. The molecule has 0 radical (unpaired) electrons. The van der Waals surface area contributed by atoms with Crippen molar-refractivity contribution in [2.24, 2.45) is 0 Å². The molecule has 1 N–H and O–H groups in total. The van der Waals surface area contributed by atoms with Crippen LogP contribution in [-0.2, 0) is 16.6 Å². The molecule has 0 bridgehead atoms. The molecule has 0 aliphatic rings. The summed E-state index contributed by atoms with van der Waals surface area (Å²) in [4.78, 5) is 7.38. The lowest BCUT2D eigenvalue weighted by molar-refractivity contribution is 0.375. The van der Waals surface area contributed by atoms with Crippen LogP contribution in [0.2, 0.25) is 5.02 Å². The van der Waals surface area contributed by atoms with E-state index in [0.717, 1.165) is 6.07 Å². The summed E-state index contributed by atoms with van der Waals surface area (Å²) in [5.74, 6) is -0.692. The molecule has 0 aliphatic carbocycles. The third-order valence-electron chi connectivity index (χ3n) is 3.03. The van der Waals surface area contributed by atoms with Crippen molar-refractivity contribution in [3.63, 3.8) is 0 Å². The van der Waals surface area contributed by atoms with Gasteiger partial charge in [-0.1, -0.05) is 22.8 Å². The zero-order chi connectivity index (χ0) is 17.2. The van der Waals surface area contributed by atoms with E-state index in [9.17, 15) is 12.8 Å². The Balaban J connectivity index is 1.76. The van der Waals surface area contributed by atoms with Gasteiger partial charge in [-0.3, -0.25) is 4.98 Å². The third-order valence-corrected chi connectivity index (χ3v) is 4.74. The number of hydrogen-bond donors (Lipinski definition) is 1. The second kappa shape index (κ2) is 6.63. The Morgan fingerprint density at radius 1 is 1.21 bits per heavy atom. The molecule has 3 rings (SSSR count). The van der Waals surface area contributed by atoms with E-state index in [0.29, 0.717) is 11.4 Å². The molecule has 2 heterocycles. The van der Waals surface area contributed by atoms with Crippen LogP contribution in [0.25, 0.3) is 11.4 Å². The molecular weight excluding hydrogens is 359 g/mol. The van der Waals surface area contributed by atoms with E-state index in [-0.39, 0.29) is 17.5 Å². The number of rotatable bonds is 5. The number of halogens is 2. The highest BCUT2D eigenvalue weighted by Gasteiger charge is 2.21. The van der Waals surface area contributed by atoms with Gasteiger partial charge in [-0.15, -0.1) is 0 Å². The van der Waals surface area contributed by atoms with Gasteiger partial charge >= 0.3 is 0 Å². The van der Waals surface area contributed by atoms with E-state index in [1.54, 1.807) is 24.5 Å². The second-order valence-corrected chi connectivity index (χ2v) is 6.77. The van der Waals surface area contributed by atoms with Crippen molar-refractivity contribution >= 4 is 21.6 Å². The molecule has 1 aromatic carbocycles. The maximum Gasteiger partial charge on any atom is 0.244 e. The molecule has 0 amide bonds. The van der Waals surface area contributed by atoms with Gasteiger partial charge in [0.2, 0.25) is 21.7 Å². The van der Waals surface area contributed by atoms with Gasteiger partial charge in [-0.2, -0.15) is 4.98 Å². The van der Waals surface area contributed by atoms with Gasteiger partial charge in [-0.05, 0) is 24.3 Å². The summed E-state index contributed by atoms with van der Waals surface area (Å²) in [7, 11) is -4.11. The van der Waals surface area contributed by atoms with Gasteiger partial charge in [-0.25, -0.2) is 17.5 Å². The van der Waals surface area contributed by atoms with Crippen molar-refractivity contribution in [2.45, 2.75) is 11.4 Å². The van der Waals surface area contributed by atoms with E-state index in [1.165, 1.54) is 12.1 Å². The highest BCUT2D eigenvalue weighted by Crippen LogP contribution is 2.22. The minimum atomic E-state index is -4.11. The van der Waals surface area contributed by atoms with Gasteiger partial charge in [0.25, 0.3) is 0 Å². The number of hydrogen-bond acceptors (Lipinski definition) is 6. The summed E-state index contributed by atoms with van der Waals surface area (Å²) >= 11 is 5.60. The Hall–Kier alpha value is -2.36. The fourth-order valence-corrected chi connectivity index (χ4v) is 3.17. The molecule has 24 heavy (non-hydrogen) atoms. The minimum Gasteiger partial charge on any atom is -0.338 e. The first-order chi connectivity index (χ1) is 11.5. The van der Waals surface area contributed by atoms with Gasteiger partial charge in [0.15, 0.2) is 5.82 Å². The fraction of sp³-hybridized carbons (Fsp3) is 0.0714. The summed E-state index contributed by atoms with van der Waals surface area (Å²) < 4.78 is 45.3. The van der Waals surface area contributed by atoms with E-state index >= 15 is 0 Å². The first-order valence-electron chi connectivity index (χ1n) is 6.64. The third kappa shape index (κ3) is 3.42. The van der Waals surface area contributed by atoms with E-state index in [2.05, 4.69) is 19.8 Å². The molecule has 3 aromatic rings. The maximum absolute atomic E-state index is 13.8. The topological polar surface area (TPSA) is 98.0 Å². The predicted octanol–water partition coefficient (Wildman–Crippen LogP) is 2.40. The molecule has 0 unspecified atom stereocenters. The number of nitrogens with one attached hydrogen (secondary N) is 1. The lowest BCUT2D eigenvalue weighted by atomic mass is 10.2. The van der Waals surface area contributed by atoms with E-state index < -0.39 is 20.7 Å². The van der Waals surface area contributed by atoms with Crippen molar-refractivity contribution in [3.8, 4) is 11.4 Å². The molecule has 0 saturated heterocycles. The van der Waals surface area contributed by atoms with Gasteiger partial charge < -0.3 is 4.52 Å². The van der Waals surface area contributed by atoms with Crippen LogP contribution in [0.1, 0.15) is 5.89 Å². The standard InChI is InChI=1S/C14H10ClFN4O3S/c15-10-2-1-3-11(13(10)16)24(21,22)18-8-12-19-14(20-23-12)9-4-6-17-7-5-9/h1-7,18H,8H2. The van der Waals surface area contributed by atoms with Crippen molar-refractivity contribution in [1.29, 1.82) is 0 Å². The molecule has 2 aromatic heterocycles. The molecule has 0 spiro atoms. The van der Waals surface area contributed by atoms with Gasteiger partial charge in [0.05, 0.1) is 11.6 Å². The number of nitrogens with zero attached hydrogens (tertiary/aromatic N) is 3. The Bertz CT molecular complexity index is 963. The fourth-order valence-electron chi connectivity index (χ4n) is 1.87. The van der Waals surface area contributed by atoms with Gasteiger partial charge in [0.1, 0.15) is 4.90 Å². The average molecular weight is 369 g/mol. The first kappa shape index (κ1) is 16.5. The van der Waals surface area contributed by atoms with Crippen LogP contribution < -0.4 is 4.72 Å².